The van der Waals surface area contributed by atoms with Gasteiger partial charge in [-0.1, -0.05) is 17.3 Å². The number of hydrogen-bond acceptors (Lipinski definition) is 6. The second kappa shape index (κ2) is 9.35. The van der Waals surface area contributed by atoms with Crippen LogP contribution in [0.1, 0.15) is 16.2 Å². The van der Waals surface area contributed by atoms with Crippen molar-refractivity contribution in [3.8, 4) is 11.5 Å². The van der Waals surface area contributed by atoms with E-state index in [-0.39, 0.29) is 37.0 Å². The molecule has 2 aromatic rings. The first kappa shape index (κ1) is 22.1. The van der Waals surface area contributed by atoms with Crippen molar-refractivity contribution in [3.63, 3.8) is 0 Å². The summed E-state index contributed by atoms with van der Waals surface area (Å²) in [5, 5.41) is 9.11. The van der Waals surface area contributed by atoms with E-state index in [9.17, 15) is 18.0 Å². The van der Waals surface area contributed by atoms with E-state index in [2.05, 4.69) is 20.8 Å². The highest BCUT2D eigenvalue weighted by Crippen LogP contribution is 2.26. The first-order valence-electron chi connectivity index (χ1n) is 8.55. The largest absolute Gasteiger partial charge is 0.405 e. The smallest absolute Gasteiger partial charge is 0.350 e. The predicted molar refractivity (Wildman–Crippen MR) is 98.3 cm³/mol. The van der Waals surface area contributed by atoms with E-state index in [1.807, 2.05) is 0 Å². The van der Waals surface area contributed by atoms with Crippen molar-refractivity contribution >= 4 is 18.3 Å². The number of nitrogens with one attached hydrogen (secondary N) is 2. The number of carbonyl (C=O) groups excluding carboxylic acids is 1. The van der Waals surface area contributed by atoms with Crippen LogP contribution in [0.3, 0.4) is 0 Å². The van der Waals surface area contributed by atoms with Crippen LogP contribution in [0.4, 0.5) is 13.2 Å². The summed E-state index contributed by atoms with van der Waals surface area (Å²) in [6, 6.07) is 4.70. The molecule has 1 unspecified atom stereocenters. The number of aryl methyl sites for hydroxylation is 1. The highest BCUT2D eigenvalue weighted by atomic mass is 35.5. The summed E-state index contributed by atoms with van der Waals surface area (Å²) in [6.45, 7) is 2.63. The van der Waals surface area contributed by atoms with Gasteiger partial charge in [-0.05, 0) is 19.1 Å². The van der Waals surface area contributed by atoms with Crippen molar-refractivity contribution in [3.05, 3.63) is 35.7 Å². The first-order chi connectivity index (χ1) is 12.9. The van der Waals surface area contributed by atoms with E-state index in [0.717, 1.165) is 0 Å². The number of alkyl halides is 3. The van der Waals surface area contributed by atoms with Gasteiger partial charge in [-0.25, -0.2) is 0 Å². The summed E-state index contributed by atoms with van der Waals surface area (Å²) in [5.74, 6) is -0.0744. The molecule has 1 aliphatic heterocycles. The minimum absolute atomic E-state index is 0. The molecule has 154 valence electrons. The minimum Gasteiger partial charge on any atom is -0.350 e. The van der Waals surface area contributed by atoms with Crippen molar-refractivity contribution in [2.24, 2.45) is 0 Å². The SMILES string of the molecule is Cc1noc(-c2ccccc2C(=O)NCC(N2CCNCC2)C(F)(F)F)n1.Cl. The van der Waals surface area contributed by atoms with Gasteiger partial charge in [0, 0.05) is 32.7 Å². The number of amides is 1. The summed E-state index contributed by atoms with van der Waals surface area (Å²) >= 11 is 0. The van der Waals surface area contributed by atoms with Gasteiger partial charge >= 0.3 is 6.18 Å². The molecular formula is C17H21ClF3N5O2. The minimum atomic E-state index is -4.44. The summed E-state index contributed by atoms with van der Waals surface area (Å²) < 4.78 is 45.5. The lowest BCUT2D eigenvalue weighted by atomic mass is 10.1. The lowest BCUT2D eigenvalue weighted by molar-refractivity contribution is -0.183. The zero-order valence-corrected chi connectivity index (χ0v) is 15.9. The Hall–Kier alpha value is -2.17. The fraction of sp³-hybridized carbons (Fsp3) is 0.471. The average molecular weight is 420 g/mol. The number of hydrogen-bond donors (Lipinski definition) is 2. The third-order valence-corrected chi connectivity index (χ3v) is 4.36. The van der Waals surface area contributed by atoms with Crippen molar-refractivity contribution < 1.29 is 22.5 Å². The van der Waals surface area contributed by atoms with Crippen molar-refractivity contribution in [1.82, 2.24) is 25.7 Å². The van der Waals surface area contributed by atoms with E-state index >= 15 is 0 Å². The molecule has 28 heavy (non-hydrogen) atoms. The molecule has 0 radical (unpaired) electrons. The lowest BCUT2D eigenvalue weighted by Gasteiger charge is -2.35. The van der Waals surface area contributed by atoms with Gasteiger partial charge < -0.3 is 15.2 Å². The molecule has 0 spiro atoms. The maximum Gasteiger partial charge on any atom is 0.405 e. The van der Waals surface area contributed by atoms with Crippen LogP contribution in [0, 0.1) is 6.92 Å². The first-order valence-corrected chi connectivity index (χ1v) is 8.55. The van der Waals surface area contributed by atoms with Crippen LogP contribution in [-0.2, 0) is 0 Å². The third kappa shape index (κ3) is 5.21. The molecule has 2 N–H and O–H groups in total. The quantitative estimate of drug-likeness (QED) is 0.771. The second-order valence-electron chi connectivity index (χ2n) is 6.25. The highest BCUT2D eigenvalue weighted by Gasteiger charge is 2.43. The fourth-order valence-electron chi connectivity index (χ4n) is 3.00. The molecule has 1 aliphatic rings. The Balaban J connectivity index is 0.00000280. The standard InChI is InChI=1S/C17H20F3N5O2.ClH/c1-11-23-16(27-24-11)13-5-3-2-4-12(13)15(26)22-10-14(17(18,19)20)25-8-6-21-7-9-25;/h2-5,14,21H,6-10H2,1H3,(H,22,26);1H. The molecule has 3 rings (SSSR count). The Kier molecular flexibility index (Phi) is 7.39. The van der Waals surface area contributed by atoms with Gasteiger partial charge in [-0.3, -0.25) is 9.69 Å². The van der Waals surface area contributed by atoms with Gasteiger partial charge in [-0.15, -0.1) is 12.4 Å². The zero-order valence-electron chi connectivity index (χ0n) is 15.1. The fourth-order valence-corrected chi connectivity index (χ4v) is 3.00. The highest BCUT2D eigenvalue weighted by molar-refractivity contribution is 5.99. The van der Waals surface area contributed by atoms with E-state index in [1.54, 1.807) is 25.1 Å². The van der Waals surface area contributed by atoms with E-state index in [4.69, 9.17) is 4.52 Å². The molecule has 7 nitrogen and oxygen atoms in total. The molecule has 1 atom stereocenters. The van der Waals surface area contributed by atoms with Crippen LogP contribution >= 0.6 is 12.4 Å². The number of halogens is 4. The second-order valence-corrected chi connectivity index (χ2v) is 6.25. The molecule has 1 fully saturated rings. The summed E-state index contributed by atoms with van der Waals surface area (Å²) in [6.07, 6.45) is -4.44. The Labute approximate surface area is 166 Å². The third-order valence-electron chi connectivity index (χ3n) is 4.36. The van der Waals surface area contributed by atoms with E-state index in [1.165, 1.54) is 11.0 Å². The Morgan fingerprint density at radius 1 is 1.32 bits per heavy atom. The summed E-state index contributed by atoms with van der Waals surface area (Å²) in [5.41, 5.74) is 0.559. The van der Waals surface area contributed by atoms with Crippen LogP contribution in [0.5, 0.6) is 0 Å². The number of carbonyl (C=O) groups is 1. The average Bonchev–Trinajstić information content (AvgIpc) is 3.08. The maximum absolute atomic E-state index is 13.5. The normalized spacial score (nSPS) is 16.3. The van der Waals surface area contributed by atoms with E-state index < -0.39 is 24.7 Å². The van der Waals surface area contributed by atoms with Crippen LogP contribution in [0.2, 0.25) is 0 Å². The lowest BCUT2D eigenvalue weighted by Crippen LogP contribution is -2.57. The van der Waals surface area contributed by atoms with Crippen molar-refractivity contribution in [1.29, 1.82) is 0 Å². The van der Waals surface area contributed by atoms with Crippen LogP contribution in [-0.4, -0.2) is 65.9 Å². The Morgan fingerprint density at radius 2 is 2.00 bits per heavy atom. The van der Waals surface area contributed by atoms with E-state index in [0.29, 0.717) is 24.5 Å². The van der Waals surface area contributed by atoms with Crippen LogP contribution in [0.15, 0.2) is 28.8 Å². The molecular weight excluding hydrogens is 399 g/mol. The van der Waals surface area contributed by atoms with Crippen LogP contribution in [0.25, 0.3) is 11.5 Å². The predicted octanol–water partition coefficient (Wildman–Crippen LogP) is 2.03. The van der Waals surface area contributed by atoms with Gasteiger partial charge in [0.25, 0.3) is 11.8 Å². The number of benzene rings is 1. The number of nitrogens with zero attached hydrogens (tertiary/aromatic N) is 3. The maximum atomic E-state index is 13.5. The molecule has 2 heterocycles. The Morgan fingerprint density at radius 3 is 2.61 bits per heavy atom. The van der Waals surface area contributed by atoms with Gasteiger partial charge in [-0.2, -0.15) is 18.2 Å². The molecule has 1 amide bonds. The molecule has 0 saturated carbocycles. The number of rotatable bonds is 5. The summed E-state index contributed by atoms with van der Waals surface area (Å²) in [7, 11) is 0. The molecule has 0 aliphatic carbocycles. The monoisotopic (exact) mass is 419 g/mol. The van der Waals surface area contributed by atoms with Gasteiger partial charge in [0.05, 0.1) is 11.1 Å². The zero-order chi connectivity index (χ0) is 19.4. The number of piperazine rings is 1. The number of aromatic nitrogens is 2. The van der Waals surface area contributed by atoms with Gasteiger partial charge in [0.1, 0.15) is 6.04 Å². The molecule has 0 bridgehead atoms. The Bertz CT molecular complexity index is 793. The molecule has 1 saturated heterocycles. The van der Waals surface area contributed by atoms with Crippen LogP contribution < -0.4 is 10.6 Å². The van der Waals surface area contributed by atoms with Crippen molar-refractivity contribution in [2.45, 2.75) is 19.1 Å². The molecule has 1 aromatic carbocycles. The molecule has 11 heteroatoms. The topological polar surface area (TPSA) is 83.3 Å². The van der Waals surface area contributed by atoms with Gasteiger partial charge in [0.2, 0.25) is 0 Å². The summed E-state index contributed by atoms with van der Waals surface area (Å²) in [4.78, 5) is 18.0. The molecule has 1 aromatic heterocycles. The van der Waals surface area contributed by atoms with Crippen molar-refractivity contribution in [2.75, 3.05) is 32.7 Å². The van der Waals surface area contributed by atoms with Gasteiger partial charge in [0.15, 0.2) is 5.82 Å².